The largest absolute Gasteiger partial charge is 0.493 e. The van der Waals surface area contributed by atoms with E-state index in [-0.39, 0.29) is 5.75 Å². The molecule has 5 heteroatoms. The second-order valence-corrected chi connectivity index (χ2v) is 5.27. The number of benzene rings is 1. The maximum atomic E-state index is 11.6. The molecule has 0 fully saturated rings. The summed E-state index contributed by atoms with van der Waals surface area (Å²) in [5.41, 5.74) is 0.256. The zero-order valence-electron chi connectivity index (χ0n) is 15.3. The Morgan fingerprint density at radius 2 is 2.05 bits per heavy atom. The molecule has 1 aromatic rings. The molecular weight excluding hydrogens is 258 g/mol. The minimum Gasteiger partial charge on any atom is -0.493 e. The molecule has 0 saturated heterocycles. The highest BCUT2D eigenvalue weighted by Gasteiger charge is 2.15. The van der Waals surface area contributed by atoms with Crippen molar-refractivity contribution in [2.24, 2.45) is 0 Å². The van der Waals surface area contributed by atoms with E-state index in [0.717, 1.165) is 5.56 Å². The summed E-state index contributed by atoms with van der Waals surface area (Å²) in [6.07, 6.45) is 0.00520. The highest BCUT2D eigenvalue weighted by Crippen LogP contribution is 2.27. The van der Waals surface area contributed by atoms with E-state index < -0.39 is 18.7 Å². The lowest BCUT2D eigenvalue weighted by atomic mass is 10.1. The van der Waals surface area contributed by atoms with Gasteiger partial charge in [0, 0.05) is 6.54 Å². The van der Waals surface area contributed by atoms with E-state index in [9.17, 15) is 4.79 Å². The Balaban J connectivity index is 2.64. The summed E-state index contributed by atoms with van der Waals surface area (Å²) in [6, 6.07) is 4.99. The molecule has 1 aromatic carbocycles. The highest BCUT2D eigenvalue weighted by atomic mass is 16.6. The number of alkyl carbamates (subject to hydrolysis) is 1. The molecule has 0 aliphatic heterocycles. The molecule has 0 heterocycles. The summed E-state index contributed by atoms with van der Waals surface area (Å²) in [5.74, 6) is 0.479. The van der Waals surface area contributed by atoms with Gasteiger partial charge in [0.05, 0.1) is 18.3 Å². The second kappa shape index (κ2) is 7.03. The molecular formula is C15H23NO4. The van der Waals surface area contributed by atoms with Crippen molar-refractivity contribution in [2.75, 3.05) is 20.7 Å². The lowest BCUT2D eigenvalue weighted by molar-refractivity contribution is 0.0528. The quantitative estimate of drug-likeness (QED) is 0.903. The van der Waals surface area contributed by atoms with Crippen molar-refractivity contribution >= 4 is 6.09 Å². The van der Waals surface area contributed by atoms with Gasteiger partial charge < -0.3 is 19.5 Å². The number of carbonyl (C=O) groups excluding carboxylic acids is 1. The average molecular weight is 284 g/mol. The van der Waals surface area contributed by atoms with Gasteiger partial charge in [-0.3, -0.25) is 0 Å². The van der Waals surface area contributed by atoms with Gasteiger partial charge in [-0.2, -0.15) is 0 Å². The molecule has 20 heavy (non-hydrogen) atoms. The average Bonchev–Trinajstić information content (AvgIpc) is 2.35. The number of amides is 1. The van der Waals surface area contributed by atoms with Crippen LogP contribution < -0.4 is 14.8 Å². The number of rotatable bonds is 5. The van der Waals surface area contributed by atoms with Crippen LogP contribution in [0.25, 0.3) is 0 Å². The fourth-order valence-electron chi connectivity index (χ4n) is 1.58. The fraction of sp³-hybridized carbons (Fsp3) is 0.533. The molecule has 0 aliphatic rings. The van der Waals surface area contributed by atoms with Gasteiger partial charge in [0.2, 0.25) is 0 Å². The number of hydrogen-bond donors (Lipinski definition) is 1. The van der Waals surface area contributed by atoms with Crippen LogP contribution in [0.5, 0.6) is 11.5 Å². The molecule has 0 aromatic heterocycles. The van der Waals surface area contributed by atoms with Crippen LogP contribution in [0.3, 0.4) is 0 Å². The Hall–Kier alpha value is -1.91. The van der Waals surface area contributed by atoms with Gasteiger partial charge in [-0.05, 0) is 44.9 Å². The van der Waals surface area contributed by atoms with Crippen LogP contribution in [-0.2, 0) is 11.2 Å². The Bertz CT molecular complexity index is 539. The van der Waals surface area contributed by atoms with E-state index in [0.29, 0.717) is 18.7 Å². The Morgan fingerprint density at radius 3 is 2.65 bits per heavy atom. The van der Waals surface area contributed by atoms with E-state index in [4.69, 9.17) is 18.3 Å². The topological polar surface area (TPSA) is 56.8 Å². The maximum absolute atomic E-state index is 11.6. The number of nitrogens with one attached hydrogen (secondary N) is 1. The van der Waals surface area contributed by atoms with E-state index >= 15 is 0 Å². The molecule has 0 atom stereocenters. The first kappa shape index (κ1) is 11.9. The van der Waals surface area contributed by atoms with Crippen molar-refractivity contribution in [3.63, 3.8) is 0 Å². The number of ether oxygens (including phenoxy) is 3. The minimum absolute atomic E-state index is 0.141. The lowest BCUT2D eigenvalue weighted by Crippen LogP contribution is -2.33. The molecule has 1 N–H and O–H groups in total. The van der Waals surface area contributed by atoms with E-state index in [1.807, 2.05) is 0 Å². The summed E-state index contributed by atoms with van der Waals surface area (Å²) < 4.78 is 36.6. The molecule has 112 valence electrons. The lowest BCUT2D eigenvalue weighted by Gasteiger charge is -2.19. The van der Waals surface area contributed by atoms with Crippen molar-refractivity contribution in [2.45, 2.75) is 32.8 Å². The Morgan fingerprint density at radius 1 is 1.30 bits per heavy atom. The minimum atomic E-state index is -2.55. The van der Waals surface area contributed by atoms with Crippen molar-refractivity contribution in [3.05, 3.63) is 23.8 Å². The summed E-state index contributed by atoms with van der Waals surface area (Å²) >= 11 is 0. The molecule has 0 unspecified atom stereocenters. The molecule has 0 spiro atoms. The Labute approximate surface area is 124 Å². The van der Waals surface area contributed by atoms with Crippen molar-refractivity contribution in [3.8, 4) is 11.5 Å². The van der Waals surface area contributed by atoms with E-state index in [2.05, 4.69) is 5.32 Å². The van der Waals surface area contributed by atoms with Gasteiger partial charge >= 0.3 is 6.09 Å². The molecule has 0 aliphatic carbocycles. The third-order valence-corrected chi connectivity index (χ3v) is 2.42. The molecule has 1 amide bonds. The molecule has 5 nitrogen and oxygen atoms in total. The van der Waals surface area contributed by atoms with Crippen molar-refractivity contribution < 1.29 is 23.1 Å². The predicted octanol–water partition coefficient (Wildman–Crippen LogP) is 2.77. The predicted molar refractivity (Wildman–Crippen MR) is 77.5 cm³/mol. The smallest absolute Gasteiger partial charge is 0.407 e. The van der Waals surface area contributed by atoms with Gasteiger partial charge in [-0.1, -0.05) is 6.07 Å². The third kappa shape index (κ3) is 5.38. The second-order valence-electron chi connectivity index (χ2n) is 5.27. The van der Waals surface area contributed by atoms with Crippen LogP contribution in [0.15, 0.2) is 18.2 Å². The van der Waals surface area contributed by atoms with Crippen molar-refractivity contribution in [1.29, 1.82) is 0 Å². The highest BCUT2D eigenvalue weighted by molar-refractivity contribution is 5.67. The van der Waals surface area contributed by atoms with Gasteiger partial charge in [0.1, 0.15) is 5.60 Å². The molecule has 0 saturated carbocycles. The maximum Gasteiger partial charge on any atom is 0.407 e. The molecule has 0 radical (unpaired) electrons. The standard InChI is InChI=1S/C15H23NO4/c1-15(2,3)20-14(17)16-9-8-11-6-7-12(18-4)13(10-11)19-5/h6-7,10H,8-9H2,1-5H3,(H,16,17)/i5D3. The van der Waals surface area contributed by atoms with Crippen LogP contribution in [-0.4, -0.2) is 32.4 Å². The van der Waals surface area contributed by atoms with Crippen molar-refractivity contribution in [1.82, 2.24) is 5.32 Å². The van der Waals surface area contributed by atoms with Crippen LogP contribution in [0.1, 0.15) is 30.4 Å². The molecule has 0 bridgehead atoms. The van der Waals surface area contributed by atoms with E-state index in [1.165, 1.54) is 7.11 Å². The fourth-order valence-corrected chi connectivity index (χ4v) is 1.58. The van der Waals surface area contributed by atoms with Crippen LogP contribution in [0.2, 0.25) is 0 Å². The first-order chi connectivity index (χ1) is 10.5. The summed E-state index contributed by atoms with van der Waals surface area (Å²) in [7, 11) is -1.12. The number of methoxy groups -OCH3 is 2. The van der Waals surface area contributed by atoms with Gasteiger partial charge in [0.15, 0.2) is 11.5 Å². The van der Waals surface area contributed by atoms with Gasteiger partial charge in [-0.15, -0.1) is 0 Å². The third-order valence-electron chi connectivity index (χ3n) is 2.42. The number of hydrogen-bond acceptors (Lipinski definition) is 4. The Kier molecular flexibility index (Phi) is 4.17. The molecule has 1 rings (SSSR count). The van der Waals surface area contributed by atoms with Crippen LogP contribution in [0, 0.1) is 0 Å². The SMILES string of the molecule is [2H]C([2H])([2H])Oc1cc(CCNC(=O)OC(C)(C)C)ccc1OC. The first-order valence-electron chi connectivity index (χ1n) is 7.83. The zero-order chi connectivity index (χ0) is 17.7. The monoisotopic (exact) mass is 284 g/mol. The first-order valence-corrected chi connectivity index (χ1v) is 6.33. The van der Waals surface area contributed by atoms with Gasteiger partial charge in [-0.25, -0.2) is 4.79 Å². The summed E-state index contributed by atoms with van der Waals surface area (Å²) in [6.45, 7) is 5.71. The normalized spacial score (nSPS) is 13.7. The van der Waals surface area contributed by atoms with Crippen LogP contribution in [0.4, 0.5) is 4.79 Å². The zero-order valence-corrected chi connectivity index (χ0v) is 12.3. The van der Waals surface area contributed by atoms with E-state index in [1.54, 1.807) is 39.0 Å². The van der Waals surface area contributed by atoms with Gasteiger partial charge in [0.25, 0.3) is 0 Å². The number of carbonyl (C=O) groups is 1. The summed E-state index contributed by atoms with van der Waals surface area (Å²) in [5, 5.41) is 2.64. The van der Waals surface area contributed by atoms with Crippen LogP contribution >= 0.6 is 0 Å². The summed E-state index contributed by atoms with van der Waals surface area (Å²) in [4.78, 5) is 11.6.